The molecule has 1 aliphatic carbocycles. The van der Waals surface area contributed by atoms with Gasteiger partial charge in [0.25, 0.3) is 0 Å². The molecule has 1 amide bonds. The summed E-state index contributed by atoms with van der Waals surface area (Å²) in [6.45, 7) is 0. The Morgan fingerprint density at radius 1 is 0.800 bits per heavy atom. The lowest BCUT2D eigenvalue weighted by molar-refractivity contribution is -0.328. The summed E-state index contributed by atoms with van der Waals surface area (Å²) in [5.41, 5.74) is 0.684. The van der Waals surface area contributed by atoms with Crippen LogP contribution in [0.5, 0.6) is 11.5 Å². The lowest BCUT2D eigenvalue weighted by atomic mass is 9.56. The fourth-order valence-electron chi connectivity index (χ4n) is 7.78. The molecule has 3 aliphatic rings. The molecule has 2 saturated heterocycles. The van der Waals surface area contributed by atoms with Crippen LogP contribution in [-0.4, -0.2) is 73.2 Å². The molecule has 1 saturated carbocycles. The number of aliphatic carboxylic acids is 1. The van der Waals surface area contributed by atoms with Crippen LogP contribution < -0.4 is 4.90 Å². The van der Waals surface area contributed by atoms with Gasteiger partial charge in [0.1, 0.15) is 35.6 Å². The Hall–Kier alpha value is -4.85. The topological polar surface area (TPSA) is 177 Å². The molecular weight excluding hydrogens is 649 g/mol. The molecule has 50 heavy (non-hydrogen) atoms. The van der Waals surface area contributed by atoms with E-state index in [0.717, 1.165) is 0 Å². The molecule has 4 aromatic rings. The van der Waals surface area contributed by atoms with Crippen LogP contribution in [0.2, 0.25) is 0 Å². The number of ether oxygens (including phenoxy) is 2. The Bertz CT molecular complexity index is 1900. The van der Waals surface area contributed by atoms with Crippen molar-refractivity contribution in [2.75, 3.05) is 4.90 Å². The molecule has 1 spiro atoms. The number of aliphatic hydroxyl groups is 3. The van der Waals surface area contributed by atoms with E-state index in [1.54, 1.807) is 59.5 Å². The number of rotatable bonds is 7. The van der Waals surface area contributed by atoms with Crippen molar-refractivity contribution in [2.24, 2.45) is 5.41 Å². The summed E-state index contributed by atoms with van der Waals surface area (Å²) in [5.74, 6) is -2.24. The largest absolute Gasteiger partial charge is 0.508 e. The molecule has 2 heterocycles. The minimum absolute atomic E-state index is 0.0683. The van der Waals surface area contributed by atoms with E-state index in [-0.39, 0.29) is 43.1 Å². The summed E-state index contributed by atoms with van der Waals surface area (Å²) in [7, 11) is 0. The first-order chi connectivity index (χ1) is 23.9. The molecule has 0 aromatic heterocycles. The van der Waals surface area contributed by atoms with Gasteiger partial charge in [0.2, 0.25) is 5.91 Å². The van der Waals surface area contributed by atoms with Crippen LogP contribution in [0.4, 0.5) is 10.1 Å². The van der Waals surface area contributed by atoms with E-state index in [1.807, 2.05) is 18.2 Å². The Morgan fingerprint density at radius 3 is 2.12 bits per heavy atom. The molecule has 260 valence electrons. The summed E-state index contributed by atoms with van der Waals surface area (Å²) in [4.78, 5) is 27.7. The number of carbonyl (C=O) groups is 2. The fraction of sp³-hybridized carbons (Fsp3) is 0.316. The molecule has 0 bridgehead atoms. The lowest BCUT2D eigenvalue weighted by Gasteiger charge is -2.60. The number of aliphatic hydroxyl groups excluding tert-OH is 3. The average Bonchev–Trinajstić information content (AvgIpc) is 3.12. The molecule has 7 rings (SSSR count). The lowest BCUT2D eigenvalue weighted by Crippen LogP contribution is -2.66. The molecule has 0 radical (unpaired) electrons. The van der Waals surface area contributed by atoms with E-state index in [1.165, 1.54) is 24.3 Å². The molecule has 3 fully saturated rings. The van der Waals surface area contributed by atoms with E-state index >= 15 is 0 Å². The van der Waals surface area contributed by atoms with Crippen molar-refractivity contribution in [3.05, 3.63) is 114 Å². The van der Waals surface area contributed by atoms with E-state index in [2.05, 4.69) is 0 Å². The zero-order valence-electron chi connectivity index (χ0n) is 26.7. The number of amides is 1. The molecule has 2 aliphatic heterocycles. The third kappa shape index (κ3) is 5.59. The second kappa shape index (κ2) is 12.8. The van der Waals surface area contributed by atoms with Gasteiger partial charge in [-0.15, -0.1) is 0 Å². The monoisotopic (exact) mass is 685 g/mol. The number of phenols is 2. The van der Waals surface area contributed by atoms with Gasteiger partial charge >= 0.3 is 5.97 Å². The van der Waals surface area contributed by atoms with Gasteiger partial charge in [0.15, 0.2) is 12.4 Å². The summed E-state index contributed by atoms with van der Waals surface area (Å²) < 4.78 is 25.9. The number of carboxylic acid groups (broad SMARTS) is 1. The number of nitrogens with zero attached hydrogens (tertiary/aromatic N) is 1. The highest BCUT2D eigenvalue weighted by molar-refractivity contribution is 6.06. The molecule has 12 heteroatoms. The van der Waals surface area contributed by atoms with Crippen LogP contribution >= 0.6 is 0 Å². The number of anilines is 1. The van der Waals surface area contributed by atoms with Crippen molar-refractivity contribution in [1.29, 1.82) is 0 Å². The summed E-state index contributed by atoms with van der Waals surface area (Å²) in [5, 5.41) is 62.7. The number of benzene rings is 4. The SMILES string of the molecule is O=C(O)C1O[C@@H](OC2(c3ccccc3)CCC3(CC2)C(=O)N(c2ccc(F)cc2)[C@@H]3c2ccc(-c3cccc(O)c3)cc2O)C(O)[C@@H](O)[C@@H]1O. The number of hydrogen-bond donors (Lipinski definition) is 6. The highest BCUT2D eigenvalue weighted by Crippen LogP contribution is 2.63. The van der Waals surface area contributed by atoms with Crippen LogP contribution in [0.25, 0.3) is 11.1 Å². The predicted molar refractivity (Wildman–Crippen MR) is 176 cm³/mol. The molecule has 6 N–H and O–H groups in total. The summed E-state index contributed by atoms with van der Waals surface area (Å²) in [6.07, 6.45) is -8.14. The fourth-order valence-corrected chi connectivity index (χ4v) is 7.78. The summed E-state index contributed by atoms with van der Waals surface area (Å²) >= 11 is 0. The van der Waals surface area contributed by atoms with Crippen molar-refractivity contribution in [3.8, 4) is 22.6 Å². The zero-order chi connectivity index (χ0) is 35.4. The molecular formula is C38H36FNO10. The Labute approximate surface area is 286 Å². The highest BCUT2D eigenvalue weighted by Gasteiger charge is 2.65. The maximum absolute atomic E-state index is 14.3. The number of phenolic OH excluding ortho intramolecular Hbond substituents is 2. The Balaban J connectivity index is 1.25. The number of aromatic hydroxyl groups is 2. The van der Waals surface area contributed by atoms with E-state index in [9.17, 15) is 44.6 Å². The van der Waals surface area contributed by atoms with Gasteiger partial charge in [-0.25, -0.2) is 9.18 Å². The maximum atomic E-state index is 14.3. The predicted octanol–water partition coefficient (Wildman–Crippen LogP) is 4.36. The van der Waals surface area contributed by atoms with Crippen molar-refractivity contribution >= 4 is 17.6 Å². The quantitative estimate of drug-likeness (QED) is 0.153. The third-order valence-electron chi connectivity index (χ3n) is 10.4. The van der Waals surface area contributed by atoms with Crippen molar-refractivity contribution < 1.29 is 54.1 Å². The van der Waals surface area contributed by atoms with Gasteiger partial charge in [0.05, 0.1) is 17.1 Å². The van der Waals surface area contributed by atoms with E-state index in [4.69, 9.17) is 9.47 Å². The summed E-state index contributed by atoms with van der Waals surface area (Å²) in [6, 6.07) is 25.6. The van der Waals surface area contributed by atoms with Gasteiger partial charge in [0, 0.05) is 11.3 Å². The maximum Gasteiger partial charge on any atom is 0.335 e. The first kappa shape index (κ1) is 33.6. The number of β-lactam (4-membered cyclic amide) rings is 1. The van der Waals surface area contributed by atoms with Crippen LogP contribution in [0.15, 0.2) is 97.1 Å². The van der Waals surface area contributed by atoms with Gasteiger partial charge in [-0.05, 0) is 84.8 Å². The number of hydrogen-bond acceptors (Lipinski definition) is 9. The number of carboxylic acids is 1. The van der Waals surface area contributed by atoms with Crippen molar-refractivity contribution in [2.45, 2.75) is 68.0 Å². The molecule has 6 atom stereocenters. The van der Waals surface area contributed by atoms with E-state index in [0.29, 0.717) is 27.9 Å². The second-order valence-corrected chi connectivity index (χ2v) is 13.2. The average molecular weight is 686 g/mol. The first-order valence-corrected chi connectivity index (χ1v) is 16.3. The standard InChI is InChI=1S/C38H36FNO10/c39-24-10-12-25(13-11-24)40-33(27-14-9-22(20-28(27)42)21-5-4-8-26(41)19-21)37(36(40)48)15-17-38(18-16-37,23-6-2-1-3-7-23)50-35-31(45)29(43)30(44)32(49-35)34(46)47/h1-14,19-20,29-33,35,41-45H,15-18H2,(H,46,47)/t29-,30-,31?,32?,33+,35-,37?,38?/m0/s1. The number of carbonyl (C=O) groups excluding carboxylic acids is 1. The molecule has 2 unspecified atom stereocenters. The van der Waals surface area contributed by atoms with Crippen molar-refractivity contribution in [1.82, 2.24) is 0 Å². The van der Waals surface area contributed by atoms with Gasteiger partial charge < -0.3 is 45.0 Å². The second-order valence-electron chi connectivity index (χ2n) is 13.2. The normalized spacial score (nSPS) is 31.0. The van der Waals surface area contributed by atoms with Gasteiger partial charge in [-0.3, -0.25) is 4.79 Å². The van der Waals surface area contributed by atoms with Crippen molar-refractivity contribution in [3.63, 3.8) is 0 Å². The smallest absolute Gasteiger partial charge is 0.335 e. The molecule has 11 nitrogen and oxygen atoms in total. The molecule has 4 aromatic carbocycles. The minimum Gasteiger partial charge on any atom is -0.508 e. The van der Waals surface area contributed by atoms with Crippen LogP contribution in [0.3, 0.4) is 0 Å². The van der Waals surface area contributed by atoms with Gasteiger partial charge in [-0.1, -0.05) is 54.6 Å². The zero-order valence-corrected chi connectivity index (χ0v) is 26.7. The van der Waals surface area contributed by atoms with Crippen LogP contribution in [-0.2, 0) is 24.7 Å². The van der Waals surface area contributed by atoms with Gasteiger partial charge in [-0.2, -0.15) is 0 Å². The first-order valence-electron chi connectivity index (χ1n) is 16.3. The van der Waals surface area contributed by atoms with Crippen LogP contribution in [0, 0.1) is 11.2 Å². The number of halogens is 1. The Kier molecular flexibility index (Phi) is 8.61. The minimum atomic E-state index is -1.89. The Morgan fingerprint density at radius 2 is 1.48 bits per heavy atom. The van der Waals surface area contributed by atoms with E-state index < -0.39 is 59.6 Å². The third-order valence-corrected chi connectivity index (χ3v) is 10.4. The van der Waals surface area contributed by atoms with Crippen LogP contribution in [0.1, 0.15) is 42.9 Å². The highest BCUT2D eigenvalue weighted by atomic mass is 19.1.